The van der Waals surface area contributed by atoms with E-state index in [1.165, 1.54) is 43.5 Å². The van der Waals surface area contributed by atoms with Crippen LogP contribution < -0.4 is 19.8 Å². The molecule has 0 bridgehead atoms. The normalized spacial score (nSPS) is 19.0. The number of nitro benzene ring substituents is 1. The number of methoxy groups -OCH3 is 1. The predicted molar refractivity (Wildman–Crippen MR) is 162 cm³/mol. The Balaban J connectivity index is 1.39. The third-order valence-corrected chi connectivity index (χ3v) is 10.3. The molecule has 1 aromatic heterocycles. The number of aromatic nitrogens is 1. The fourth-order valence-corrected chi connectivity index (χ4v) is 8.35. The summed E-state index contributed by atoms with van der Waals surface area (Å²) in [4.78, 5) is 65.5. The van der Waals surface area contributed by atoms with Crippen molar-refractivity contribution in [3.8, 4) is 5.75 Å². The topological polar surface area (TPSA) is 141 Å². The van der Waals surface area contributed by atoms with E-state index in [2.05, 4.69) is 5.32 Å². The summed E-state index contributed by atoms with van der Waals surface area (Å²) in [7, 11) is 1.48. The lowest BCUT2D eigenvalue weighted by Crippen LogP contribution is -2.33. The number of amides is 3. The van der Waals surface area contributed by atoms with Crippen LogP contribution in [0.1, 0.15) is 21.9 Å². The first-order valence-corrected chi connectivity index (χ1v) is 15.2. The Hall–Kier alpha value is -4.96. The van der Waals surface area contributed by atoms with Crippen molar-refractivity contribution in [2.75, 3.05) is 17.3 Å². The first kappa shape index (κ1) is 31.0. The maximum atomic E-state index is 14.0. The number of ether oxygens (including phenoxy) is 1. The third-order valence-electron chi connectivity index (χ3n) is 7.65. The molecule has 0 aliphatic carbocycles. The molecule has 1 saturated heterocycles. The highest BCUT2D eigenvalue weighted by Gasteiger charge is 2.57. The number of thiazole rings is 1. The summed E-state index contributed by atoms with van der Waals surface area (Å²) >= 11 is 1.70. The number of hydrogen-bond acceptors (Lipinski definition) is 9. The van der Waals surface area contributed by atoms with Gasteiger partial charge >= 0.3 is 11.0 Å². The van der Waals surface area contributed by atoms with Crippen molar-refractivity contribution in [2.24, 2.45) is 5.92 Å². The van der Waals surface area contributed by atoms with Crippen LogP contribution in [0.2, 0.25) is 0 Å². The third kappa shape index (κ3) is 5.43. The van der Waals surface area contributed by atoms with Gasteiger partial charge in [0.1, 0.15) is 17.5 Å². The van der Waals surface area contributed by atoms with E-state index in [0.29, 0.717) is 16.2 Å². The lowest BCUT2D eigenvalue weighted by Gasteiger charge is -2.30. The summed E-state index contributed by atoms with van der Waals surface area (Å²) in [5.74, 6) is -3.35. The number of carbonyl (C=O) groups is 3. The minimum atomic E-state index is -4.73. The van der Waals surface area contributed by atoms with E-state index in [0.717, 1.165) is 44.7 Å². The quantitative estimate of drug-likeness (QED) is 0.159. The Labute approximate surface area is 265 Å². The highest BCUT2D eigenvalue weighted by atomic mass is 32.2. The van der Waals surface area contributed by atoms with Crippen LogP contribution in [0.3, 0.4) is 0 Å². The van der Waals surface area contributed by atoms with Crippen molar-refractivity contribution in [1.82, 2.24) is 4.57 Å². The summed E-state index contributed by atoms with van der Waals surface area (Å²) in [6.07, 6.45) is -4.73. The molecule has 46 heavy (non-hydrogen) atoms. The number of nitro groups is 1. The van der Waals surface area contributed by atoms with Crippen LogP contribution in [0.15, 0.2) is 82.6 Å². The molecular formula is C30H21F3N4O7S2. The van der Waals surface area contributed by atoms with Crippen molar-refractivity contribution in [3.63, 3.8) is 0 Å². The number of halogens is 3. The lowest BCUT2D eigenvalue weighted by atomic mass is 9.83. The summed E-state index contributed by atoms with van der Waals surface area (Å²) in [6.45, 7) is -0.648. The molecule has 3 atom stereocenters. The molecule has 1 fully saturated rings. The van der Waals surface area contributed by atoms with Gasteiger partial charge in [-0.2, -0.15) is 13.2 Å². The number of thioether (sulfide) groups is 1. The van der Waals surface area contributed by atoms with E-state index in [1.807, 2.05) is 0 Å². The average molecular weight is 671 g/mol. The number of benzene rings is 3. The number of nitrogens with zero attached hydrogens (tertiary/aromatic N) is 3. The molecule has 4 aromatic rings. The largest absolute Gasteiger partial charge is 0.497 e. The summed E-state index contributed by atoms with van der Waals surface area (Å²) in [5, 5.41) is 12.6. The molecule has 6 rings (SSSR count). The van der Waals surface area contributed by atoms with Crippen LogP contribution in [0.4, 0.5) is 30.2 Å². The van der Waals surface area contributed by atoms with Crippen molar-refractivity contribution in [1.29, 1.82) is 0 Å². The minimum Gasteiger partial charge on any atom is -0.497 e. The van der Waals surface area contributed by atoms with Gasteiger partial charge in [-0.05, 0) is 42.0 Å². The Morgan fingerprint density at radius 3 is 2.30 bits per heavy atom. The van der Waals surface area contributed by atoms with Crippen LogP contribution in [-0.2, 0) is 27.1 Å². The highest BCUT2D eigenvalue weighted by molar-refractivity contribution is 8.00. The molecule has 236 valence electrons. The minimum absolute atomic E-state index is 0.132. The zero-order valence-electron chi connectivity index (χ0n) is 23.5. The number of nitrogens with one attached hydrogen (secondary N) is 1. The van der Waals surface area contributed by atoms with Gasteiger partial charge in [0.05, 0.1) is 39.9 Å². The van der Waals surface area contributed by atoms with Crippen LogP contribution >= 0.6 is 23.1 Å². The zero-order valence-corrected chi connectivity index (χ0v) is 25.2. The van der Waals surface area contributed by atoms with Crippen LogP contribution in [-0.4, -0.2) is 39.6 Å². The number of anilines is 2. The van der Waals surface area contributed by atoms with E-state index in [1.54, 1.807) is 24.3 Å². The van der Waals surface area contributed by atoms with E-state index in [9.17, 15) is 42.5 Å². The van der Waals surface area contributed by atoms with Gasteiger partial charge in [-0.1, -0.05) is 47.4 Å². The molecule has 2 aliphatic heterocycles. The van der Waals surface area contributed by atoms with Gasteiger partial charge in [-0.15, -0.1) is 0 Å². The molecule has 3 aromatic carbocycles. The summed E-state index contributed by atoms with van der Waals surface area (Å²) in [5.41, 5.74) is -1.04. The number of rotatable bonds is 7. The Bertz CT molecular complexity index is 1940. The predicted octanol–water partition coefficient (Wildman–Crippen LogP) is 5.28. The molecule has 0 saturated carbocycles. The molecule has 3 amide bonds. The van der Waals surface area contributed by atoms with E-state index in [4.69, 9.17) is 4.74 Å². The summed E-state index contributed by atoms with van der Waals surface area (Å²) in [6, 6.07) is 16.1. The molecule has 0 radical (unpaired) electrons. The second kappa shape index (κ2) is 11.8. The van der Waals surface area contributed by atoms with Crippen LogP contribution in [0.25, 0.3) is 0 Å². The van der Waals surface area contributed by atoms with E-state index >= 15 is 0 Å². The fraction of sp³-hybridized carbons (Fsp3) is 0.200. The molecule has 2 aliphatic rings. The lowest BCUT2D eigenvalue weighted by molar-refractivity contribution is -0.384. The van der Waals surface area contributed by atoms with Gasteiger partial charge in [0.15, 0.2) is 0 Å². The molecule has 1 N–H and O–H groups in total. The molecule has 0 spiro atoms. The standard InChI is InChI=1S/C30H21F3N4O7S2/c1-44-18-12-6-15(7-13-18)22-23-24(27(40)36(26(23)39)16-8-10-17(11-9-16)37(42)43)45-28-25(22)46-29(41)35(28)14-21(38)34-20-5-3-2-4-19(20)30(31,32)33/h2-13,22-24H,14H2,1H3,(H,34,38). The Morgan fingerprint density at radius 2 is 1.67 bits per heavy atom. The molecule has 11 nitrogen and oxygen atoms in total. The number of imide groups is 1. The van der Waals surface area contributed by atoms with Crippen molar-refractivity contribution in [2.45, 2.75) is 28.9 Å². The second-order valence-corrected chi connectivity index (χ2v) is 12.4. The van der Waals surface area contributed by atoms with Crippen molar-refractivity contribution >= 4 is 57.9 Å². The number of para-hydroxylation sites is 1. The monoisotopic (exact) mass is 670 g/mol. The molecule has 3 unspecified atom stereocenters. The summed E-state index contributed by atoms with van der Waals surface area (Å²) < 4.78 is 46.9. The first-order chi connectivity index (χ1) is 21.9. The van der Waals surface area contributed by atoms with Gasteiger partial charge in [0, 0.05) is 22.9 Å². The van der Waals surface area contributed by atoms with E-state index in [-0.39, 0.29) is 16.4 Å². The van der Waals surface area contributed by atoms with Crippen LogP contribution in [0.5, 0.6) is 5.75 Å². The first-order valence-electron chi connectivity index (χ1n) is 13.5. The molecular weight excluding hydrogens is 649 g/mol. The van der Waals surface area contributed by atoms with Gasteiger partial charge < -0.3 is 10.1 Å². The molecule has 3 heterocycles. The number of alkyl halides is 3. The molecule has 16 heteroatoms. The van der Waals surface area contributed by atoms with Crippen molar-refractivity contribution < 1.29 is 37.2 Å². The average Bonchev–Trinajstić information content (AvgIpc) is 3.47. The maximum absolute atomic E-state index is 14.0. The Kier molecular flexibility index (Phi) is 7.93. The zero-order chi connectivity index (χ0) is 32.9. The van der Waals surface area contributed by atoms with Crippen LogP contribution in [0, 0.1) is 16.0 Å². The fourth-order valence-electron chi connectivity index (χ4n) is 5.58. The highest BCUT2D eigenvalue weighted by Crippen LogP contribution is 2.54. The van der Waals surface area contributed by atoms with Gasteiger partial charge in [-0.25, -0.2) is 4.90 Å². The number of fused-ring (bicyclic) bond motifs is 2. The Morgan fingerprint density at radius 1 is 1.00 bits per heavy atom. The smallest absolute Gasteiger partial charge is 0.418 e. The second-order valence-electron chi connectivity index (χ2n) is 10.3. The van der Waals surface area contributed by atoms with Gasteiger partial charge in [0.25, 0.3) is 5.69 Å². The number of non-ortho nitro benzene ring substituents is 1. The maximum Gasteiger partial charge on any atom is 0.418 e. The number of carbonyl (C=O) groups excluding carboxylic acids is 3. The van der Waals surface area contributed by atoms with Gasteiger partial charge in [0.2, 0.25) is 17.7 Å². The van der Waals surface area contributed by atoms with E-state index < -0.39 is 68.6 Å². The number of hydrogen-bond donors (Lipinski definition) is 1. The SMILES string of the molecule is COc1ccc(C2c3sc(=O)n(CC(=O)Nc4ccccc4C(F)(F)F)c3SC3C(=O)N(c4ccc([N+](=O)[O-])cc4)C(=O)C32)cc1. The van der Waals surface area contributed by atoms with Crippen molar-refractivity contribution in [3.05, 3.63) is 109 Å². The van der Waals surface area contributed by atoms with Gasteiger partial charge in [-0.3, -0.25) is 33.9 Å².